The number of rotatable bonds is 7. The Balaban J connectivity index is 2.10. The van der Waals surface area contributed by atoms with E-state index in [0.717, 1.165) is 5.56 Å². The van der Waals surface area contributed by atoms with Gasteiger partial charge in [0.25, 0.3) is 0 Å². The smallest absolute Gasteiger partial charge is 0.308 e. The molecule has 0 aliphatic rings. The van der Waals surface area contributed by atoms with Crippen LogP contribution in [0.3, 0.4) is 0 Å². The van der Waals surface area contributed by atoms with Gasteiger partial charge in [-0.2, -0.15) is 0 Å². The maximum absolute atomic E-state index is 11.0. The summed E-state index contributed by atoms with van der Waals surface area (Å²) in [4.78, 5) is 11.0. The van der Waals surface area contributed by atoms with E-state index >= 15 is 0 Å². The highest BCUT2D eigenvalue weighted by Gasteiger charge is 2.10. The molecule has 0 aromatic carbocycles. The van der Waals surface area contributed by atoms with Crippen molar-refractivity contribution in [3.05, 3.63) is 24.2 Å². The number of hydrogen-bond donors (Lipinski definition) is 2. The fourth-order valence-electron chi connectivity index (χ4n) is 1.26. The zero-order valence-electron chi connectivity index (χ0n) is 9.31. The van der Waals surface area contributed by atoms with Gasteiger partial charge in [-0.15, -0.1) is 0 Å². The fraction of sp³-hybridized carbons (Fsp3) is 0.545. The van der Waals surface area contributed by atoms with Crippen molar-refractivity contribution in [1.29, 1.82) is 0 Å². The van der Waals surface area contributed by atoms with E-state index < -0.39 is 6.10 Å². The van der Waals surface area contributed by atoms with Crippen LogP contribution < -0.4 is 5.32 Å². The minimum absolute atomic E-state index is 0.0201. The molecule has 0 saturated heterocycles. The zero-order valence-corrected chi connectivity index (χ0v) is 9.31. The Kier molecular flexibility index (Phi) is 5.60. The van der Waals surface area contributed by atoms with Crippen LogP contribution >= 0.6 is 0 Å². The first-order valence-electron chi connectivity index (χ1n) is 5.28. The molecule has 1 aromatic heterocycles. The second-order valence-corrected chi connectivity index (χ2v) is 3.43. The number of ether oxygens (including phenoxy) is 1. The van der Waals surface area contributed by atoms with Crippen molar-refractivity contribution in [2.45, 2.75) is 26.0 Å². The lowest BCUT2D eigenvalue weighted by atomic mass is 10.2. The zero-order chi connectivity index (χ0) is 11.8. The van der Waals surface area contributed by atoms with Crippen LogP contribution in [-0.4, -0.2) is 30.3 Å². The van der Waals surface area contributed by atoms with Crippen molar-refractivity contribution in [2.75, 3.05) is 13.2 Å². The number of aliphatic hydroxyl groups excluding tert-OH is 1. The number of esters is 1. The molecular weight excluding hydrogens is 210 g/mol. The number of hydrogen-bond acceptors (Lipinski definition) is 5. The van der Waals surface area contributed by atoms with Gasteiger partial charge in [0.15, 0.2) is 0 Å². The third-order valence-electron chi connectivity index (χ3n) is 2.00. The van der Waals surface area contributed by atoms with E-state index in [0.29, 0.717) is 19.7 Å². The predicted molar refractivity (Wildman–Crippen MR) is 57.7 cm³/mol. The third kappa shape index (κ3) is 4.95. The second kappa shape index (κ2) is 7.03. The topological polar surface area (TPSA) is 71.7 Å². The van der Waals surface area contributed by atoms with Crippen LogP contribution in [0.4, 0.5) is 0 Å². The average Bonchev–Trinajstić information content (AvgIpc) is 2.70. The molecule has 5 nitrogen and oxygen atoms in total. The number of furan rings is 1. The lowest BCUT2D eigenvalue weighted by Gasteiger charge is -2.10. The van der Waals surface area contributed by atoms with Gasteiger partial charge in [0.05, 0.1) is 31.7 Å². The number of nitrogens with one attached hydrogen (secondary N) is 1. The highest BCUT2D eigenvalue weighted by molar-refractivity contribution is 5.69. The van der Waals surface area contributed by atoms with E-state index in [1.54, 1.807) is 19.5 Å². The Morgan fingerprint density at radius 3 is 3.12 bits per heavy atom. The first-order valence-corrected chi connectivity index (χ1v) is 5.28. The molecule has 2 N–H and O–H groups in total. The van der Waals surface area contributed by atoms with Crippen LogP contribution in [0.2, 0.25) is 0 Å². The Bertz CT molecular complexity index is 297. The molecule has 0 spiro atoms. The molecule has 1 rings (SSSR count). The standard InChI is InChI=1S/C11H17NO4/c1-2-16-11(14)5-10(13)7-12-6-9-3-4-15-8-9/h3-4,8,10,12-13H,2,5-7H2,1H3. The monoisotopic (exact) mass is 227 g/mol. The molecule has 0 aliphatic heterocycles. The number of carbonyl (C=O) groups is 1. The second-order valence-electron chi connectivity index (χ2n) is 3.43. The van der Waals surface area contributed by atoms with Crippen molar-refractivity contribution in [1.82, 2.24) is 5.32 Å². The van der Waals surface area contributed by atoms with Crippen LogP contribution in [0.25, 0.3) is 0 Å². The Morgan fingerprint density at radius 2 is 2.50 bits per heavy atom. The summed E-state index contributed by atoms with van der Waals surface area (Å²) in [5.74, 6) is -0.375. The summed E-state index contributed by atoms with van der Waals surface area (Å²) in [5, 5.41) is 12.5. The van der Waals surface area contributed by atoms with Crippen LogP contribution in [0.15, 0.2) is 23.0 Å². The molecule has 0 amide bonds. The average molecular weight is 227 g/mol. The highest BCUT2D eigenvalue weighted by atomic mass is 16.5. The normalized spacial score (nSPS) is 12.4. The van der Waals surface area contributed by atoms with Crippen LogP contribution in [0.5, 0.6) is 0 Å². The third-order valence-corrected chi connectivity index (χ3v) is 2.00. The van der Waals surface area contributed by atoms with Crippen molar-refractivity contribution >= 4 is 5.97 Å². The summed E-state index contributed by atoms with van der Waals surface area (Å²) >= 11 is 0. The molecule has 0 bridgehead atoms. The summed E-state index contributed by atoms with van der Waals surface area (Å²) in [5.41, 5.74) is 1.00. The SMILES string of the molecule is CCOC(=O)CC(O)CNCc1ccoc1. The van der Waals surface area contributed by atoms with Crippen molar-refractivity contribution in [2.24, 2.45) is 0 Å². The van der Waals surface area contributed by atoms with Gasteiger partial charge in [-0.05, 0) is 13.0 Å². The van der Waals surface area contributed by atoms with Crippen LogP contribution in [0, 0.1) is 0 Å². The molecule has 1 aromatic rings. The quantitative estimate of drug-likeness (QED) is 0.670. The molecular formula is C11H17NO4. The van der Waals surface area contributed by atoms with E-state index in [-0.39, 0.29) is 12.4 Å². The number of carbonyl (C=O) groups excluding carboxylic acids is 1. The molecule has 5 heteroatoms. The minimum Gasteiger partial charge on any atom is -0.472 e. The molecule has 1 atom stereocenters. The molecule has 1 heterocycles. The van der Waals surface area contributed by atoms with Crippen LogP contribution in [0.1, 0.15) is 18.9 Å². The van der Waals surface area contributed by atoms with E-state index in [4.69, 9.17) is 9.15 Å². The molecule has 90 valence electrons. The Hall–Kier alpha value is -1.33. The molecule has 0 saturated carbocycles. The van der Waals surface area contributed by atoms with Gasteiger partial charge in [-0.1, -0.05) is 0 Å². The van der Waals surface area contributed by atoms with Gasteiger partial charge in [0, 0.05) is 18.7 Å². The first kappa shape index (κ1) is 12.7. The molecule has 1 unspecified atom stereocenters. The van der Waals surface area contributed by atoms with Gasteiger partial charge in [-0.25, -0.2) is 0 Å². The van der Waals surface area contributed by atoms with E-state index in [9.17, 15) is 9.90 Å². The summed E-state index contributed by atoms with van der Waals surface area (Å²) in [7, 11) is 0. The van der Waals surface area contributed by atoms with Gasteiger partial charge < -0.3 is 19.6 Å². The molecule has 0 aliphatic carbocycles. The van der Waals surface area contributed by atoms with Crippen LogP contribution in [-0.2, 0) is 16.1 Å². The van der Waals surface area contributed by atoms with E-state index in [1.807, 2.05) is 6.07 Å². The lowest BCUT2D eigenvalue weighted by Crippen LogP contribution is -2.28. The van der Waals surface area contributed by atoms with Crippen molar-refractivity contribution in [3.8, 4) is 0 Å². The largest absolute Gasteiger partial charge is 0.472 e. The minimum atomic E-state index is -0.717. The van der Waals surface area contributed by atoms with Gasteiger partial charge in [-0.3, -0.25) is 4.79 Å². The summed E-state index contributed by atoms with van der Waals surface area (Å²) in [6.45, 7) is 3.04. The molecule has 0 fully saturated rings. The lowest BCUT2D eigenvalue weighted by molar-refractivity contribution is -0.145. The first-order chi connectivity index (χ1) is 7.72. The van der Waals surface area contributed by atoms with E-state index in [1.165, 1.54) is 0 Å². The summed E-state index contributed by atoms with van der Waals surface area (Å²) in [6.07, 6.45) is 2.52. The van der Waals surface area contributed by atoms with Gasteiger partial charge >= 0.3 is 5.97 Å². The van der Waals surface area contributed by atoms with E-state index in [2.05, 4.69) is 5.32 Å². The maximum atomic E-state index is 11.0. The fourth-order valence-corrected chi connectivity index (χ4v) is 1.26. The van der Waals surface area contributed by atoms with Gasteiger partial charge in [0.2, 0.25) is 0 Å². The molecule has 16 heavy (non-hydrogen) atoms. The van der Waals surface area contributed by atoms with Crippen molar-refractivity contribution in [3.63, 3.8) is 0 Å². The maximum Gasteiger partial charge on any atom is 0.308 e. The summed E-state index contributed by atoms with van der Waals surface area (Å²) < 4.78 is 9.61. The Morgan fingerprint density at radius 1 is 1.69 bits per heavy atom. The van der Waals surface area contributed by atoms with Gasteiger partial charge in [0.1, 0.15) is 0 Å². The predicted octanol–water partition coefficient (Wildman–Crippen LogP) is 0.683. The highest BCUT2D eigenvalue weighted by Crippen LogP contribution is 1.99. The number of aliphatic hydroxyl groups is 1. The summed E-state index contributed by atoms with van der Waals surface area (Å²) in [6, 6.07) is 1.84. The Labute approximate surface area is 94.4 Å². The molecule has 0 radical (unpaired) electrons. The van der Waals surface area contributed by atoms with Crippen molar-refractivity contribution < 1.29 is 19.1 Å².